The molecule has 0 saturated carbocycles. The fraction of sp³-hybridized carbons (Fsp3) is 0.182. The Hall–Kier alpha value is -2.45. The second kappa shape index (κ2) is 4.91. The summed E-state index contributed by atoms with van der Waals surface area (Å²) < 4.78 is 51.7. The summed E-state index contributed by atoms with van der Waals surface area (Å²) >= 11 is 0. The molecule has 0 saturated heterocycles. The minimum atomic E-state index is -4.93. The number of alkyl halides is 3. The molecular formula is C11H8F4N4O. The summed E-state index contributed by atoms with van der Waals surface area (Å²) in [5.41, 5.74) is -1.54. The van der Waals surface area contributed by atoms with Crippen molar-refractivity contribution in [3.8, 4) is 0 Å². The van der Waals surface area contributed by atoms with E-state index in [1.165, 1.54) is 24.5 Å². The van der Waals surface area contributed by atoms with Crippen molar-refractivity contribution in [1.29, 1.82) is 0 Å². The summed E-state index contributed by atoms with van der Waals surface area (Å²) in [7, 11) is 1.10. The van der Waals surface area contributed by atoms with Crippen molar-refractivity contribution in [2.45, 2.75) is 6.18 Å². The van der Waals surface area contributed by atoms with Gasteiger partial charge in [-0.2, -0.15) is 18.3 Å². The molecule has 0 fully saturated rings. The SMILES string of the molecule is Cn1nc(C(F)(F)F)c(F)c1NC(=O)c1ccncc1. The lowest BCUT2D eigenvalue weighted by Crippen LogP contribution is -2.15. The Bertz CT molecular complexity index is 636. The lowest BCUT2D eigenvalue weighted by Gasteiger charge is -2.05. The second-order valence-corrected chi connectivity index (χ2v) is 3.82. The summed E-state index contributed by atoms with van der Waals surface area (Å²) in [4.78, 5) is 15.4. The van der Waals surface area contributed by atoms with Gasteiger partial charge in [0, 0.05) is 25.0 Å². The number of nitrogens with one attached hydrogen (secondary N) is 1. The van der Waals surface area contributed by atoms with Crippen LogP contribution in [0.3, 0.4) is 0 Å². The monoisotopic (exact) mass is 288 g/mol. The molecule has 0 radical (unpaired) electrons. The maximum atomic E-state index is 13.6. The van der Waals surface area contributed by atoms with Crippen LogP contribution < -0.4 is 5.32 Å². The van der Waals surface area contributed by atoms with Crippen LogP contribution in [0.25, 0.3) is 0 Å². The highest BCUT2D eigenvalue weighted by Gasteiger charge is 2.40. The van der Waals surface area contributed by atoms with Gasteiger partial charge in [-0.1, -0.05) is 0 Å². The third kappa shape index (κ3) is 2.60. The molecule has 0 bridgehead atoms. The fourth-order valence-electron chi connectivity index (χ4n) is 1.50. The van der Waals surface area contributed by atoms with Gasteiger partial charge in [-0.25, -0.2) is 9.07 Å². The van der Waals surface area contributed by atoms with Gasteiger partial charge in [0.1, 0.15) is 0 Å². The number of rotatable bonds is 2. The molecule has 20 heavy (non-hydrogen) atoms. The van der Waals surface area contributed by atoms with Crippen molar-refractivity contribution < 1.29 is 22.4 Å². The minimum Gasteiger partial charge on any atom is -0.304 e. The van der Waals surface area contributed by atoms with E-state index in [1.807, 2.05) is 5.32 Å². The first-order valence-corrected chi connectivity index (χ1v) is 5.31. The first-order chi connectivity index (χ1) is 9.30. The van der Waals surface area contributed by atoms with Crippen LogP contribution in [0.4, 0.5) is 23.4 Å². The number of halogens is 4. The summed E-state index contributed by atoms with van der Waals surface area (Å²) in [5.74, 6) is -3.04. The molecule has 5 nitrogen and oxygen atoms in total. The number of hydrogen-bond donors (Lipinski definition) is 1. The molecule has 2 aromatic heterocycles. The highest BCUT2D eigenvalue weighted by atomic mass is 19.4. The fourth-order valence-corrected chi connectivity index (χ4v) is 1.50. The Balaban J connectivity index is 2.31. The average molecular weight is 288 g/mol. The normalized spacial score (nSPS) is 11.4. The van der Waals surface area contributed by atoms with Gasteiger partial charge in [0.15, 0.2) is 11.6 Å². The maximum absolute atomic E-state index is 13.6. The third-order valence-corrected chi connectivity index (χ3v) is 2.43. The molecule has 0 spiro atoms. The van der Waals surface area contributed by atoms with E-state index in [0.717, 1.165) is 7.05 Å². The summed E-state index contributed by atoms with van der Waals surface area (Å²) in [6.07, 6.45) is -2.27. The van der Waals surface area contributed by atoms with Gasteiger partial charge in [0.05, 0.1) is 0 Å². The number of carbonyl (C=O) groups excluding carboxylic acids is 1. The largest absolute Gasteiger partial charge is 0.438 e. The van der Waals surface area contributed by atoms with Crippen molar-refractivity contribution >= 4 is 11.7 Å². The molecule has 0 aromatic carbocycles. The zero-order chi connectivity index (χ0) is 14.9. The molecule has 0 atom stereocenters. The smallest absolute Gasteiger partial charge is 0.304 e. The summed E-state index contributed by atoms with van der Waals surface area (Å²) in [5, 5.41) is 5.06. The van der Waals surface area contributed by atoms with Gasteiger partial charge >= 0.3 is 6.18 Å². The van der Waals surface area contributed by atoms with E-state index in [1.54, 1.807) is 0 Å². The second-order valence-electron chi connectivity index (χ2n) is 3.82. The lowest BCUT2D eigenvalue weighted by molar-refractivity contribution is -0.143. The van der Waals surface area contributed by atoms with E-state index < -0.39 is 29.4 Å². The molecule has 106 valence electrons. The highest BCUT2D eigenvalue weighted by molar-refractivity contribution is 6.03. The third-order valence-electron chi connectivity index (χ3n) is 2.43. The van der Waals surface area contributed by atoms with Crippen LogP contribution in [-0.4, -0.2) is 20.7 Å². The molecule has 1 N–H and O–H groups in total. The van der Waals surface area contributed by atoms with Crippen LogP contribution >= 0.6 is 0 Å². The van der Waals surface area contributed by atoms with Crippen molar-refractivity contribution in [3.05, 3.63) is 41.6 Å². The van der Waals surface area contributed by atoms with E-state index in [-0.39, 0.29) is 5.56 Å². The van der Waals surface area contributed by atoms with Crippen LogP contribution in [-0.2, 0) is 13.2 Å². The first kappa shape index (κ1) is 14.0. The van der Waals surface area contributed by atoms with E-state index >= 15 is 0 Å². The maximum Gasteiger partial charge on any atom is 0.438 e. The number of pyridine rings is 1. The van der Waals surface area contributed by atoms with Crippen LogP contribution in [0.1, 0.15) is 16.1 Å². The van der Waals surface area contributed by atoms with Gasteiger partial charge in [-0.05, 0) is 12.1 Å². The minimum absolute atomic E-state index is 0.133. The molecule has 0 aliphatic heterocycles. The summed E-state index contributed by atoms with van der Waals surface area (Å²) in [6.45, 7) is 0. The first-order valence-electron chi connectivity index (χ1n) is 5.31. The molecule has 2 rings (SSSR count). The quantitative estimate of drug-likeness (QED) is 0.862. The number of anilines is 1. The van der Waals surface area contributed by atoms with Gasteiger partial charge in [0.2, 0.25) is 5.69 Å². The molecule has 9 heteroatoms. The number of carbonyl (C=O) groups is 1. The molecule has 0 aliphatic rings. The predicted molar refractivity (Wildman–Crippen MR) is 60.4 cm³/mol. The van der Waals surface area contributed by atoms with Crippen LogP contribution in [0.2, 0.25) is 0 Å². The van der Waals surface area contributed by atoms with E-state index in [4.69, 9.17) is 0 Å². The van der Waals surface area contributed by atoms with Gasteiger partial charge in [-0.3, -0.25) is 9.78 Å². The standard InChI is InChI=1S/C11H8F4N4O/c1-19-9(7(12)8(18-19)11(13,14)15)17-10(20)6-2-4-16-5-3-6/h2-5H,1H3,(H,17,20). The molecular weight excluding hydrogens is 280 g/mol. The number of hydrogen-bond acceptors (Lipinski definition) is 3. The Morgan fingerprint density at radius 2 is 1.90 bits per heavy atom. The zero-order valence-electron chi connectivity index (χ0n) is 10.1. The van der Waals surface area contributed by atoms with E-state index in [0.29, 0.717) is 4.68 Å². The lowest BCUT2D eigenvalue weighted by atomic mass is 10.2. The van der Waals surface area contributed by atoms with Crippen molar-refractivity contribution in [2.24, 2.45) is 7.05 Å². The molecule has 2 aromatic rings. The molecule has 2 heterocycles. The Morgan fingerprint density at radius 1 is 1.30 bits per heavy atom. The number of nitrogens with zero attached hydrogens (tertiary/aromatic N) is 3. The van der Waals surface area contributed by atoms with Crippen molar-refractivity contribution in [1.82, 2.24) is 14.8 Å². The Morgan fingerprint density at radius 3 is 2.40 bits per heavy atom. The van der Waals surface area contributed by atoms with Gasteiger partial charge < -0.3 is 5.32 Å². The van der Waals surface area contributed by atoms with Crippen LogP contribution in [0.15, 0.2) is 24.5 Å². The topological polar surface area (TPSA) is 59.8 Å². The predicted octanol–water partition coefficient (Wildman–Crippen LogP) is 2.23. The van der Waals surface area contributed by atoms with Crippen molar-refractivity contribution in [2.75, 3.05) is 5.32 Å². The average Bonchev–Trinajstić information content (AvgIpc) is 2.67. The molecule has 0 unspecified atom stereocenters. The van der Waals surface area contributed by atoms with Gasteiger partial charge in [0.25, 0.3) is 5.91 Å². The van der Waals surface area contributed by atoms with Crippen LogP contribution in [0.5, 0.6) is 0 Å². The van der Waals surface area contributed by atoms with Crippen LogP contribution in [0, 0.1) is 5.82 Å². The Labute approximate surface area is 110 Å². The molecule has 0 aliphatic carbocycles. The molecule has 1 amide bonds. The number of aromatic nitrogens is 3. The van der Waals surface area contributed by atoms with Crippen molar-refractivity contribution in [3.63, 3.8) is 0 Å². The van der Waals surface area contributed by atoms with E-state index in [2.05, 4.69) is 10.1 Å². The van der Waals surface area contributed by atoms with E-state index in [9.17, 15) is 22.4 Å². The number of amides is 1. The zero-order valence-corrected chi connectivity index (χ0v) is 10.1. The highest BCUT2D eigenvalue weighted by Crippen LogP contribution is 2.33. The Kier molecular flexibility index (Phi) is 3.43. The summed E-state index contributed by atoms with van der Waals surface area (Å²) in [6, 6.07) is 2.68. The van der Waals surface area contributed by atoms with Gasteiger partial charge in [-0.15, -0.1) is 0 Å². The number of aryl methyl sites for hydroxylation is 1.